The molecule has 2 aliphatic rings. The zero-order valence-electron chi connectivity index (χ0n) is 30.0. The van der Waals surface area contributed by atoms with Crippen LogP contribution in [0.5, 0.6) is 0 Å². The Balaban J connectivity index is 2.34. The van der Waals surface area contributed by atoms with Gasteiger partial charge < -0.3 is 56.8 Å². The van der Waals surface area contributed by atoms with Crippen molar-refractivity contribution in [3.63, 3.8) is 0 Å². The Kier molecular flexibility index (Phi) is 17.1. The van der Waals surface area contributed by atoms with E-state index in [0.717, 1.165) is 55.4 Å². The molecule has 7 unspecified atom stereocenters. The van der Waals surface area contributed by atoms with Gasteiger partial charge in [-0.15, -0.1) is 0 Å². The highest BCUT2D eigenvalue weighted by Gasteiger charge is 2.54. The molecule has 20 heteroatoms. The van der Waals surface area contributed by atoms with Gasteiger partial charge in [0.25, 0.3) is 0 Å². The average Bonchev–Trinajstić information content (AvgIpc) is 3.00. The van der Waals surface area contributed by atoms with Crippen LogP contribution in [0.4, 0.5) is 0 Å². The molecule has 0 bridgehead atoms. The Morgan fingerprint density at radius 3 is 0.962 bits per heavy atom. The summed E-state index contributed by atoms with van der Waals surface area (Å²) in [6.07, 6.45) is -14.4. The number of carbonyl (C=O) groups excluding carboxylic acids is 8. The van der Waals surface area contributed by atoms with Crippen LogP contribution in [-0.2, 0) is 95.2 Å². The predicted octanol–water partition coefficient (Wildman–Crippen LogP) is -0.258. The summed E-state index contributed by atoms with van der Waals surface area (Å²) in [7, 11) is 0. The van der Waals surface area contributed by atoms with Gasteiger partial charge in [-0.1, -0.05) is 6.58 Å². The molecule has 2 saturated heterocycles. The Labute approximate surface area is 298 Å². The topological polar surface area (TPSA) is 247 Å². The van der Waals surface area contributed by atoms with Crippen molar-refractivity contribution in [1.82, 2.24) is 0 Å². The zero-order chi connectivity index (χ0) is 39.3. The van der Waals surface area contributed by atoms with Crippen LogP contribution in [0.25, 0.3) is 0 Å². The predicted molar refractivity (Wildman–Crippen MR) is 165 cm³/mol. The molecule has 52 heavy (non-hydrogen) atoms. The second-order valence-electron chi connectivity index (χ2n) is 11.5. The van der Waals surface area contributed by atoms with E-state index in [0.29, 0.717) is 0 Å². The second-order valence-corrected chi connectivity index (χ2v) is 11.5. The molecule has 0 aromatic heterocycles. The van der Waals surface area contributed by atoms with Gasteiger partial charge in [-0.2, -0.15) is 0 Å². The number of ether oxygens (including phenoxy) is 12. The fraction of sp³-hybridized carbons (Fsp3) is 0.688. The first kappa shape index (κ1) is 43.5. The molecule has 10 atom stereocenters. The van der Waals surface area contributed by atoms with Gasteiger partial charge in [0, 0.05) is 55.4 Å². The maximum Gasteiger partial charge on any atom is 0.303 e. The van der Waals surface area contributed by atoms with Crippen LogP contribution in [0.2, 0.25) is 0 Å². The lowest BCUT2D eigenvalue weighted by Gasteiger charge is -2.44. The minimum Gasteiger partial charge on any atom is -0.463 e. The molecule has 0 aliphatic carbocycles. The molecular weight excluding hydrogens is 704 g/mol. The quantitative estimate of drug-likeness (QED) is 0.112. The summed E-state index contributed by atoms with van der Waals surface area (Å²) in [5.74, 6) is -6.40. The average molecular weight is 749 g/mol. The summed E-state index contributed by atoms with van der Waals surface area (Å²) in [4.78, 5) is 95.5. The first-order valence-corrected chi connectivity index (χ1v) is 15.8. The molecule has 0 radical (unpaired) electrons. The zero-order valence-corrected chi connectivity index (χ0v) is 30.0. The molecule has 2 fully saturated rings. The first-order chi connectivity index (χ1) is 24.3. The van der Waals surface area contributed by atoms with Gasteiger partial charge in [-0.3, -0.25) is 38.4 Å². The third-order valence-electron chi connectivity index (χ3n) is 6.80. The minimum atomic E-state index is -1.52. The fourth-order valence-corrected chi connectivity index (χ4v) is 5.09. The largest absolute Gasteiger partial charge is 0.463 e. The van der Waals surface area contributed by atoms with Gasteiger partial charge in [0.1, 0.15) is 25.4 Å². The molecule has 2 aliphatic heterocycles. The normalized spacial score (nSPS) is 28.2. The fourth-order valence-electron chi connectivity index (χ4n) is 5.09. The van der Waals surface area contributed by atoms with E-state index < -0.39 is 136 Å². The van der Waals surface area contributed by atoms with Gasteiger partial charge in [-0.25, -0.2) is 0 Å². The molecule has 292 valence electrons. The number of rotatable bonds is 16. The van der Waals surface area contributed by atoms with Gasteiger partial charge >= 0.3 is 47.8 Å². The van der Waals surface area contributed by atoms with Gasteiger partial charge in [0.2, 0.25) is 0 Å². The van der Waals surface area contributed by atoms with E-state index in [4.69, 9.17) is 56.8 Å². The molecule has 0 aromatic rings. The van der Waals surface area contributed by atoms with Crippen molar-refractivity contribution < 1.29 is 95.2 Å². The van der Waals surface area contributed by atoms with Crippen LogP contribution < -0.4 is 0 Å². The van der Waals surface area contributed by atoms with E-state index >= 15 is 0 Å². The van der Waals surface area contributed by atoms with Crippen molar-refractivity contribution in [3.8, 4) is 0 Å². The van der Waals surface area contributed by atoms with Crippen LogP contribution in [-0.4, -0.2) is 136 Å². The van der Waals surface area contributed by atoms with Crippen LogP contribution in [0.15, 0.2) is 12.2 Å². The lowest BCUT2D eigenvalue weighted by Crippen LogP contribution is -2.63. The van der Waals surface area contributed by atoms with Crippen molar-refractivity contribution in [2.24, 2.45) is 0 Å². The summed E-state index contributed by atoms with van der Waals surface area (Å²) < 4.78 is 65.7. The van der Waals surface area contributed by atoms with Gasteiger partial charge in [0.05, 0.1) is 13.2 Å². The molecule has 20 nitrogen and oxygen atoms in total. The van der Waals surface area contributed by atoms with Crippen molar-refractivity contribution in [2.45, 2.75) is 117 Å². The van der Waals surface area contributed by atoms with Crippen molar-refractivity contribution in [2.75, 3.05) is 26.4 Å². The lowest BCUT2D eigenvalue weighted by molar-refractivity contribution is -0.310. The smallest absolute Gasteiger partial charge is 0.303 e. The van der Waals surface area contributed by atoms with Crippen LogP contribution in [0.3, 0.4) is 0 Å². The number of hydrogen-bond acceptors (Lipinski definition) is 20. The van der Waals surface area contributed by atoms with Crippen LogP contribution in [0, 0.1) is 0 Å². The van der Waals surface area contributed by atoms with E-state index in [1.54, 1.807) is 0 Å². The van der Waals surface area contributed by atoms with Crippen LogP contribution >= 0.6 is 0 Å². The Morgan fingerprint density at radius 1 is 0.423 bits per heavy atom. The molecule has 2 heterocycles. The summed E-state index contributed by atoms with van der Waals surface area (Å²) in [6, 6.07) is 0. The Bertz CT molecular complexity index is 1240. The van der Waals surface area contributed by atoms with Crippen molar-refractivity contribution >= 4 is 47.8 Å². The third-order valence-corrected chi connectivity index (χ3v) is 6.80. The van der Waals surface area contributed by atoms with Crippen molar-refractivity contribution in [1.29, 1.82) is 0 Å². The monoisotopic (exact) mass is 748 g/mol. The van der Waals surface area contributed by atoms with E-state index in [9.17, 15) is 38.4 Å². The SMILES string of the molecule is C=C(COC1OC(COC(C)=O)[C@@H](OC(C)=O)C(OC(C)=O)C1OC(C)=O)COC1OC(COC(C)=O)[C@@H](OC(C)=O)C(OC(C)=O)[C@H]1OC(C)=O. The summed E-state index contributed by atoms with van der Waals surface area (Å²) in [5, 5.41) is 0. The van der Waals surface area contributed by atoms with Crippen LogP contribution in [0.1, 0.15) is 55.4 Å². The Morgan fingerprint density at radius 2 is 0.692 bits per heavy atom. The van der Waals surface area contributed by atoms with E-state index in [2.05, 4.69) is 6.58 Å². The van der Waals surface area contributed by atoms with Gasteiger partial charge in [-0.05, 0) is 5.57 Å². The lowest BCUT2D eigenvalue weighted by atomic mass is 9.98. The minimum absolute atomic E-state index is 0.153. The molecular formula is C32H44O20. The molecule has 0 amide bonds. The van der Waals surface area contributed by atoms with Crippen molar-refractivity contribution in [3.05, 3.63) is 12.2 Å². The molecule has 0 spiro atoms. The number of carbonyl (C=O) groups is 8. The van der Waals surface area contributed by atoms with E-state index in [-0.39, 0.29) is 5.57 Å². The maximum atomic E-state index is 12.1. The molecule has 0 aromatic carbocycles. The van der Waals surface area contributed by atoms with E-state index in [1.165, 1.54) is 0 Å². The molecule has 0 N–H and O–H groups in total. The summed E-state index contributed by atoms with van der Waals surface area (Å²) >= 11 is 0. The third kappa shape index (κ3) is 14.2. The maximum absolute atomic E-state index is 12.1. The Hall–Kier alpha value is -4.66. The first-order valence-electron chi connectivity index (χ1n) is 15.8. The standard InChI is InChI=1S/C32H44O20/c1-14(10-43-31-29(49-21(8)39)27(47-19(6)37)25(45-17(4)35)23(51-31)12-41-15(2)33)11-44-32-30(50-22(9)40)28(48-20(7)38)26(46-18(5)36)24(52-32)13-42-16(3)34/h23-32H,1,10-13H2,2-9H3/t23?,24?,25-,26-,27?,28?,29-,30?,31?,32?/m1/s1. The summed E-state index contributed by atoms with van der Waals surface area (Å²) in [5.41, 5.74) is 0.153. The second kappa shape index (κ2) is 20.4. The highest BCUT2D eigenvalue weighted by molar-refractivity contribution is 5.70. The van der Waals surface area contributed by atoms with Gasteiger partial charge in [0.15, 0.2) is 49.2 Å². The number of esters is 8. The molecule has 0 saturated carbocycles. The summed E-state index contributed by atoms with van der Waals surface area (Å²) in [6.45, 7) is 10.8. The number of hydrogen-bond donors (Lipinski definition) is 0. The highest BCUT2D eigenvalue weighted by atomic mass is 16.7. The highest BCUT2D eigenvalue weighted by Crippen LogP contribution is 2.32. The molecule has 2 rings (SSSR count). The van der Waals surface area contributed by atoms with E-state index in [1.807, 2.05) is 0 Å².